The van der Waals surface area contributed by atoms with Crippen LogP contribution in [0.5, 0.6) is 0 Å². The molecule has 1 aromatic heterocycles. The second-order valence-electron chi connectivity index (χ2n) is 5.79. The first-order chi connectivity index (χ1) is 9.12. The summed E-state index contributed by atoms with van der Waals surface area (Å²) < 4.78 is 7.82. The minimum absolute atomic E-state index is 0.246. The first kappa shape index (κ1) is 14.3. The van der Waals surface area contributed by atoms with Crippen molar-refractivity contribution in [3.63, 3.8) is 0 Å². The number of ether oxygens (including phenoxy) is 1. The maximum atomic E-state index is 5.58. The average molecular weight is 263 g/mol. The van der Waals surface area contributed by atoms with Crippen LogP contribution in [-0.4, -0.2) is 35.9 Å². The Bertz CT molecular complexity index is 419. The average Bonchev–Trinajstić information content (AvgIpc) is 2.84. The van der Waals surface area contributed by atoms with Crippen molar-refractivity contribution in [1.29, 1.82) is 0 Å². The first-order valence-corrected chi connectivity index (χ1v) is 7.05. The van der Waals surface area contributed by atoms with E-state index in [2.05, 4.69) is 28.4 Å². The van der Waals surface area contributed by atoms with Crippen molar-refractivity contribution >= 4 is 0 Å². The Balaban J connectivity index is 1.95. The third kappa shape index (κ3) is 3.67. The van der Waals surface area contributed by atoms with Gasteiger partial charge >= 0.3 is 0 Å². The highest BCUT2D eigenvalue weighted by molar-refractivity contribution is 5.15. The fourth-order valence-electron chi connectivity index (χ4n) is 2.65. The zero-order valence-corrected chi connectivity index (χ0v) is 12.1. The van der Waals surface area contributed by atoms with E-state index in [0.29, 0.717) is 13.2 Å². The molecule has 0 aliphatic carbocycles. The molecule has 0 atom stereocenters. The van der Waals surface area contributed by atoms with E-state index in [1.807, 2.05) is 19.4 Å². The summed E-state index contributed by atoms with van der Waals surface area (Å²) in [5.74, 6) is 0. The Labute approximate surface area is 115 Å². The fraction of sp³-hybridized carbons (Fsp3) is 0.667. The van der Waals surface area contributed by atoms with Gasteiger partial charge in [0.2, 0.25) is 0 Å². The summed E-state index contributed by atoms with van der Waals surface area (Å²) in [6.45, 7) is 12.6. The fourth-order valence-corrected chi connectivity index (χ4v) is 2.65. The Morgan fingerprint density at radius 3 is 2.95 bits per heavy atom. The number of aromatic nitrogens is 2. The van der Waals surface area contributed by atoms with Gasteiger partial charge in [0.1, 0.15) is 0 Å². The number of hydrogen-bond acceptors (Lipinski definition) is 3. The molecule has 0 saturated carbocycles. The number of nitrogens with zero attached hydrogens (tertiary/aromatic N) is 2. The van der Waals surface area contributed by atoms with E-state index in [1.165, 1.54) is 18.5 Å². The van der Waals surface area contributed by atoms with Crippen LogP contribution >= 0.6 is 0 Å². The molecule has 1 aromatic rings. The highest BCUT2D eigenvalue weighted by Crippen LogP contribution is 2.32. The van der Waals surface area contributed by atoms with Gasteiger partial charge in [-0.25, -0.2) is 4.98 Å². The van der Waals surface area contributed by atoms with E-state index in [4.69, 9.17) is 4.74 Å². The van der Waals surface area contributed by atoms with Crippen molar-refractivity contribution in [3.8, 4) is 0 Å². The minimum atomic E-state index is 0.246. The number of imidazole rings is 1. The van der Waals surface area contributed by atoms with Gasteiger partial charge in [-0.2, -0.15) is 0 Å². The lowest BCUT2D eigenvalue weighted by atomic mass is 9.78. The van der Waals surface area contributed by atoms with Gasteiger partial charge in [0.15, 0.2) is 0 Å². The highest BCUT2D eigenvalue weighted by atomic mass is 16.5. The summed E-state index contributed by atoms with van der Waals surface area (Å²) in [5.41, 5.74) is 2.65. The van der Waals surface area contributed by atoms with Gasteiger partial charge in [-0.3, -0.25) is 0 Å². The third-order valence-corrected chi connectivity index (χ3v) is 3.86. The van der Waals surface area contributed by atoms with Crippen LogP contribution in [0.3, 0.4) is 0 Å². The van der Waals surface area contributed by atoms with Crippen LogP contribution in [-0.2, 0) is 16.7 Å². The van der Waals surface area contributed by atoms with E-state index in [9.17, 15) is 0 Å². The van der Waals surface area contributed by atoms with Crippen molar-refractivity contribution in [2.24, 2.45) is 0 Å². The molecular weight excluding hydrogens is 238 g/mol. The number of hydrogen-bond donors (Lipinski definition) is 1. The molecule has 19 heavy (non-hydrogen) atoms. The number of piperidine rings is 1. The van der Waals surface area contributed by atoms with Crippen LogP contribution in [0.2, 0.25) is 0 Å². The Hall–Kier alpha value is -1.13. The van der Waals surface area contributed by atoms with Gasteiger partial charge in [0, 0.05) is 23.9 Å². The number of rotatable bonds is 6. The van der Waals surface area contributed by atoms with Crippen LogP contribution in [0.25, 0.3) is 0 Å². The second-order valence-corrected chi connectivity index (χ2v) is 5.79. The molecule has 2 heterocycles. The van der Waals surface area contributed by atoms with Crippen molar-refractivity contribution in [2.45, 2.75) is 38.6 Å². The maximum absolute atomic E-state index is 5.58. The summed E-state index contributed by atoms with van der Waals surface area (Å²) >= 11 is 0. The lowest BCUT2D eigenvalue weighted by Gasteiger charge is -2.34. The molecule has 2 rings (SSSR count). The molecule has 106 valence electrons. The molecule has 1 saturated heterocycles. The molecule has 0 unspecified atom stereocenters. The molecule has 0 spiro atoms. The van der Waals surface area contributed by atoms with Crippen LogP contribution in [0.15, 0.2) is 24.7 Å². The summed E-state index contributed by atoms with van der Waals surface area (Å²) in [7, 11) is 0. The minimum Gasteiger partial charge on any atom is -0.375 e. The lowest BCUT2D eigenvalue weighted by molar-refractivity contribution is 0.145. The van der Waals surface area contributed by atoms with Crippen molar-refractivity contribution < 1.29 is 4.74 Å². The quantitative estimate of drug-likeness (QED) is 0.631. The lowest BCUT2D eigenvalue weighted by Crippen LogP contribution is -2.39. The molecule has 1 fully saturated rings. The van der Waals surface area contributed by atoms with Gasteiger partial charge in [-0.1, -0.05) is 19.1 Å². The Morgan fingerprint density at radius 1 is 1.53 bits per heavy atom. The predicted octanol–water partition coefficient (Wildman–Crippen LogP) is 2.12. The monoisotopic (exact) mass is 263 g/mol. The largest absolute Gasteiger partial charge is 0.375 e. The summed E-state index contributed by atoms with van der Waals surface area (Å²) in [5, 5.41) is 3.42. The molecule has 4 nitrogen and oxygen atoms in total. The topological polar surface area (TPSA) is 39.1 Å². The van der Waals surface area contributed by atoms with Crippen LogP contribution in [0.1, 0.15) is 32.4 Å². The zero-order valence-electron chi connectivity index (χ0n) is 12.1. The van der Waals surface area contributed by atoms with E-state index >= 15 is 0 Å². The van der Waals surface area contributed by atoms with Crippen molar-refractivity contribution in [3.05, 3.63) is 30.4 Å². The molecule has 1 N–H and O–H groups in total. The number of nitrogens with one attached hydrogen (secondary N) is 1. The summed E-state index contributed by atoms with van der Waals surface area (Å²) in [6.07, 6.45) is 6.29. The molecule has 0 amide bonds. The second kappa shape index (κ2) is 6.35. The van der Waals surface area contributed by atoms with Crippen LogP contribution < -0.4 is 5.32 Å². The SMILES string of the molecule is C=C(C)COCCn1cncc1C1(C)CCNCC1. The molecule has 1 aliphatic heterocycles. The smallest absolute Gasteiger partial charge is 0.0949 e. The summed E-state index contributed by atoms with van der Waals surface area (Å²) in [4.78, 5) is 4.33. The summed E-state index contributed by atoms with van der Waals surface area (Å²) in [6, 6.07) is 0. The van der Waals surface area contributed by atoms with Crippen molar-refractivity contribution in [2.75, 3.05) is 26.3 Å². The third-order valence-electron chi connectivity index (χ3n) is 3.86. The van der Waals surface area contributed by atoms with Gasteiger partial charge in [-0.05, 0) is 32.9 Å². The van der Waals surface area contributed by atoms with E-state index in [0.717, 1.165) is 25.2 Å². The van der Waals surface area contributed by atoms with Gasteiger partial charge < -0.3 is 14.6 Å². The first-order valence-electron chi connectivity index (χ1n) is 7.05. The van der Waals surface area contributed by atoms with E-state index in [-0.39, 0.29) is 5.41 Å². The maximum Gasteiger partial charge on any atom is 0.0949 e. The normalized spacial score (nSPS) is 18.4. The van der Waals surface area contributed by atoms with Gasteiger partial charge in [0.05, 0.1) is 19.5 Å². The zero-order chi connectivity index (χ0) is 13.7. The van der Waals surface area contributed by atoms with Crippen LogP contribution in [0.4, 0.5) is 0 Å². The molecule has 0 aromatic carbocycles. The van der Waals surface area contributed by atoms with Gasteiger partial charge in [0.25, 0.3) is 0 Å². The van der Waals surface area contributed by atoms with E-state index < -0.39 is 0 Å². The Kier molecular flexibility index (Phi) is 4.77. The van der Waals surface area contributed by atoms with Crippen LogP contribution in [0, 0.1) is 0 Å². The predicted molar refractivity (Wildman–Crippen MR) is 77.3 cm³/mol. The molecule has 4 heteroatoms. The highest BCUT2D eigenvalue weighted by Gasteiger charge is 2.31. The molecular formula is C15H25N3O. The van der Waals surface area contributed by atoms with E-state index in [1.54, 1.807) is 0 Å². The molecule has 0 radical (unpaired) electrons. The Morgan fingerprint density at radius 2 is 2.26 bits per heavy atom. The molecule has 0 bridgehead atoms. The molecule has 1 aliphatic rings. The standard InChI is InChI=1S/C15H25N3O/c1-13(2)11-19-9-8-18-12-17-10-14(18)15(3)4-6-16-7-5-15/h10,12,16H,1,4-9,11H2,2-3H3. The van der Waals surface area contributed by atoms with Crippen molar-refractivity contribution in [1.82, 2.24) is 14.9 Å². The van der Waals surface area contributed by atoms with Gasteiger partial charge in [-0.15, -0.1) is 0 Å².